The Morgan fingerprint density at radius 1 is 1.40 bits per heavy atom. The van der Waals surface area contributed by atoms with Gasteiger partial charge in [-0.3, -0.25) is 4.90 Å². The highest BCUT2D eigenvalue weighted by molar-refractivity contribution is 6.36. The molecule has 0 saturated heterocycles. The molecule has 20 heavy (non-hydrogen) atoms. The summed E-state index contributed by atoms with van der Waals surface area (Å²) in [6, 6.07) is 3.55. The molecule has 0 heterocycles. The summed E-state index contributed by atoms with van der Waals surface area (Å²) in [4.78, 5) is 2.47. The second-order valence-corrected chi connectivity index (χ2v) is 6.08. The average molecular weight is 319 g/mol. The van der Waals surface area contributed by atoms with Crippen LogP contribution in [0.2, 0.25) is 10.0 Å². The second-order valence-electron chi connectivity index (χ2n) is 5.29. The van der Waals surface area contributed by atoms with Gasteiger partial charge in [-0.25, -0.2) is 4.39 Å². The van der Waals surface area contributed by atoms with Crippen LogP contribution in [0.4, 0.5) is 4.39 Å². The number of hydrogen-bond acceptors (Lipinski definition) is 2. The van der Waals surface area contributed by atoms with Gasteiger partial charge in [0.05, 0.1) is 5.02 Å². The summed E-state index contributed by atoms with van der Waals surface area (Å²) in [6.07, 6.45) is 2.62. The highest BCUT2D eigenvalue weighted by Crippen LogP contribution is 2.32. The standard InChI is InChI=1S/C15H21Cl2FN2/c1-3-20(11-4-5-11)9-8-19-10(2)14-12(16)6-7-13(18)15(14)17/h6-7,10-11,19H,3-5,8-9H2,1-2H3. The van der Waals surface area contributed by atoms with Crippen molar-refractivity contribution in [3.8, 4) is 0 Å². The molecule has 0 bridgehead atoms. The van der Waals surface area contributed by atoms with E-state index >= 15 is 0 Å². The smallest absolute Gasteiger partial charge is 0.142 e. The van der Waals surface area contributed by atoms with Crippen LogP contribution in [0.5, 0.6) is 0 Å². The number of nitrogens with zero attached hydrogens (tertiary/aromatic N) is 1. The number of rotatable bonds is 7. The van der Waals surface area contributed by atoms with Crippen LogP contribution in [0.15, 0.2) is 12.1 Å². The lowest BCUT2D eigenvalue weighted by molar-refractivity contribution is 0.273. The molecule has 1 unspecified atom stereocenters. The normalized spacial score (nSPS) is 16.7. The van der Waals surface area contributed by atoms with E-state index in [0.717, 1.165) is 25.7 Å². The summed E-state index contributed by atoms with van der Waals surface area (Å²) in [5, 5.41) is 4.00. The molecule has 1 aliphatic rings. The van der Waals surface area contributed by atoms with Gasteiger partial charge in [0.15, 0.2) is 0 Å². The van der Waals surface area contributed by atoms with E-state index in [1.54, 1.807) is 6.07 Å². The molecule has 0 spiro atoms. The third kappa shape index (κ3) is 3.85. The van der Waals surface area contributed by atoms with Crippen molar-refractivity contribution in [1.29, 1.82) is 0 Å². The lowest BCUT2D eigenvalue weighted by Crippen LogP contribution is -2.34. The van der Waals surface area contributed by atoms with Gasteiger partial charge in [0, 0.05) is 35.8 Å². The lowest BCUT2D eigenvalue weighted by Gasteiger charge is -2.22. The number of nitrogens with one attached hydrogen (secondary N) is 1. The maximum atomic E-state index is 13.5. The highest BCUT2D eigenvalue weighted by Gasteiger charge is 2.27. The Morgan fingerprint density at radius 3 is 2.70 bits per heavy atom. The van der Waals surface area contributed by atoms with Crippen molar-refractivity contribution in [2.75, 3.05) is 19.6 Å². The van der Waals surface area contributed by atoms with Crippen molar-refractivity contribution in [1.82, 2.24) is 10.2 Å². The zero-order chi connectivity index (χ0) is 14.7. The Bertz CT molecular complexity index is 463. The predicted octanol–water partition coefficient (Wildman–Crippen LogP) is 4.27. The van der Waals surface area contributed by atoms with Gasteiger partial charge in [0.25, 0.3) is 0 Å². The van der Waals surface area contributed by atoms with E-state index < -0.39 is 5.82 Å². The molecule has 0 radical (unpaired) electrons. The number of hydrogen-bond donors (Lipinski definition) is 1. The molecule has 2 nitrogen and oxygen atoms in total. The van der Waals surface area contributed by atoms with E-state index in [2.05, 4.69) is 17.1 Å². The summed E-state index contributed by atoms with van der Waals surface area (Å²) in [5.41, 5.74) is 0.641. The van der Waals surface area contributed by atoms with Crippen LogP contribution in [-0.2, 0) is 0 Å². The van der Waals surface area contributed by atoms with E-state index in [1.165, 1.54) is 18.9 Å². The van der Waals surface area contributed by atoms with Gasteiger partial charge < -0.3 is 5.32 Å². The summed E-state index contributed by atoms with van der Waals surface area (Å²) >= 11 is 12.1. The summed E-state index contributed by atoms with van der Waals surface area (Å²) in [6.45, 7) is 7.05. The van der Waals surface area contributed by atoms with E-state index in [-0.39, 0.29) is 11.1 Å². The number of benzene rings is 1. The minimum absolute atomic E-state index is 0.0661. The molecular weight excluding hydrogens is 298 g/mol. The van der Waals surface area contributed by atoms with E-state index in [1.807, 2.05) is 6.92 Å². The van der Waals surface area contributed by atoms with Crippen LogP contribution in [0.3, 0.4) is 0 Å². The molecule has 1 saturated carbocycles. The fraction of sp³-hybridized carbons (Fsp3) is 0.600. The fourth-order valence-electron chi connectivity index (χ4n) is 2.50. The van der Waals surface area contributed by atoms with Crippen molar-refractivity contribution in [3.05, 3.63) is 33.6 Å². The van der Waals surface area contributed by atoms with Crippen molar-refractivity contribution in [2.45, 2.75) is 38.8 Å². The molecule has 1 aromatic carbocycles. The number of likely N-dealkylation sites (N-methyl/N-ethyl adjacent to an activating group) is 1. The van der Waals surface area contributed by atoms with Crippen molar-refractivity contribution in [2.24, 2.45) is 0 Å². The first-order valence-corrected chi connectivity index (χ1v) is 7.91. The first kappa shape index (κ1) is 16.0. The minimum atomic E-state index is -0.423. The molecule has 0 amide bonds. The topological polar surface area (TPSA) is 15.3 Å². The Labute approximate surface area is 130 Å². The molecule has 2 rings (SSSR count). The third-order valence-corrected chi connectivity index (χ3v) is 4.55. The van der Waals surface area contributed by atoms with Crippen LogP contribution in [0.25, 0.3) is 0 Å². The molecule has 0 aliphatic heterocycles. The predicted molar refractivity (Wildman–Crippen MR) is 83.1 cm³/mol. The van der Waals surface area contributed by atoms with Gasteiger partial charge in [-0.05, 0) is 38.4 Å². The van der Waals surface area contributed by atoms with Crippen molar-refractivity contribution in [3.63, 3.8) is 0 Å². The van der Waals surface area contributed by atoms with Crippen LogP contribution in [0.1, 0.15) is 38.3 Å². The summed E-state index contributed by atoms with van der Waals surface area (Å²) in [5.74, 6) is -0.423. The van der Waals surface area contributed by atoms with Gasteiger partial charge in [-0.1, -0.05) is 30.1 Å². The van der Waals surface area contributed by atoms with Crippen molar-refractivity contribution < 1.29 is 4.39 Å². The molecule has 1 fully saturated rings. The van der Waals surface area contributed by atoms with E-state index in [0.29, 0.717) is 10.6 Å². The first-order chi connectivity index (χ1) is 9.54. The SMILES string of the molecule is CCN(CCNC(C)c1c(Cl)ccc(F)c1Cl)C1CC1. The summed E-state index contributed by atoms with van der Waals surface area (Å²) < 4.78 is 13.5. The highest BCUT2D eigenvalue weighted by atomic mass is 35.5. The molecular formula is C15H21Cl2FN2. The zero-order valence-electron chi connectivity index (χ0n) is 11.9. The Balaban J connectivity index is 1.91. The number of halogens is 3. The second kappa shape index (κ2) is 7.08. The zero-order valence-corrected chi connectivity index (χ0v) is 13.4. The van der Waals surface area contributed by atoms with Gasteiger partial charge in [-0.15, -0.1) is 0 Å². The Morgan fingerprint density at radius 2 is 2.10 bits per heavy atom. The van der Waals surface area contributed by atoms with Gasteiger partial charge in [0.1, 0.15) is 5.82 Å². The van der Waals surface area contributed by atoms with Crippen LogP contribution in [0, 0.1) is 5.82 Å². The van der Waals surface area contributed by atoms with Crippen LogP contribution < -0.4 is 5.32 Å². The monoisotopic (exact) mass is 318 g/mol. The van der Waals surface area contributed by atoms with Crippen LogP contribution in [-0.4, -0.2) is 30.6 Å². The maximum absolute atomic E-state index is 13.5. The van der Waals surface area contributed by atoms with Crippen LogP contribution >= 0.6 is 23.2 Å². The maximum Gasteiger partial charge on any atom is 0.142 e. The molecule has 5 heteroatoms. The Kier molecular flexibility index (Phi) is 5.67. The molecule has 0 aromatic heterocycles. The van der Waals surface area contributed by atoms with Gasteiger partial charge >= 0.3 is 0 Å². The molecule has 112 valence electrons. The quantitative estimate of drug-likeness (QED) is 0.755. The largest absolute Gasteiger partial charge is 0.309 e. The van der Waals surface area contributed by atoms with E-state index in [9.17, 15) is 4.39 Å². The minimum Gasteiger partial charge on any atom is -0.309 e. The molecule has 1 atom stereocenters. The fourth-order valence-corrected chi connectivity index (χ4v) is 3.20. The average Bonchev–Trinajstić information content (AvgIpc) is 3.24. The summed E-state index contributed by atoms with van der Waals surface area (Å²) in [7, 11) is 0. The van der Waals surface area contributed by atoms with Gasteiger partial charge in [0.2, 0.25) is 0 Å². The molecule has 1 aromatic rings. The van der Waals surface area contributed by atoms with E-state index in [4.69, 9.17) is 23.2 Å². The van der Waals surface area contributed by atoms with Crippen molar-refractivity contribution >= 4 is 23.2 Å². The first-order valence-electron chi connectivity index (χ1n) is 7.15. The lowest BCUT2D eigenvalue weighted by atomic mass is 10.1. The Hall–Kier alpha value is -0.350. The van der Waals surface area contributed by atoms with Gasteiger partial charge in [-0.2, -0.15) is 0 Å². The third-order valence-electron chi connectivity index (χ3n) is 3.83. The molecule has 1 N–H and O–H groups in total. The molecule has 1 aliphatic carbocycles.